The number of para-hydroxylation sites is 2. The number of nitrogens with one attached hydrogen (secondary N) is 1. The Balaban J connectivity index is 1.46. The fraction of sp³-hybridized carbons (Fsp3) is 0.0741. The van der Waals surface area contributed by atoms with Crippen LogP contribution in [-0.4, -0.2) is 31.9 Å². The monoisotopic (exact) mass is 486 g/mol. The van der Waals surface area contributed by atoms with Crippen LogP contribution < -0.4 is 19.7 Å². The molecule has 1 heterocycles. The first-order valence-electron chi connectivity index (χ1n) is 10.6. The lowest BCUT2D eigenvalue weighted by molar-refractivity contribution is 0.0735. The number of rotatable bonds is 7. The summed E-state index contributed by atoms with van der Waals surface area (Å²) in [5, 5.41) is 4.62. The van der Waals surface area contributed by atoms with Gasteiger partial charge in [0.25, 0.3) is 11.8 Å². The van der Waals surface area contributed by atoms with Crippen molar-refractivity contribution >= 4 is 40.5 Å². The van der Waals surface area contributed by atoms with Gasteiger partial charge in [0.15, 0.2) is 0 Å². The maximum Gasteiger partial charge on any atom is 0.345 e. The Morgan fingerprint density at radius 1 is 0.829 bits per heavy atom. The summed E-state index contributed by atoms with van der Waals surface area (Å²) in [4.78, 5) is 40.3. The lowest BCUT2D eigenvalue weighted by Gasteiger charge is -2.19. The molecule has 0 aliphatic carbocycles. The standard InChI is InChI=1S/C27H22N2O5S/c1-29(26(31)24-12-7-17-35-24)22-10-5-3-8-20(22)27(32)34-19-15-13-18(14-16-19)28-25(30)21-9-4-6-11-23(21)33-2/h3-17H,1-2H3,(H,28,30). The Morgan fingerprint density at radius 3 is 2.20 bits per heavy atom. The molecule has 0 aliphatic heterocycles. The van der Waals surface area contributed by atoms with Crippen molar-refractivity contribution in [3.8, 4) is 11.5 Å². The van der Waals surface area contributed by atoms with Gasteiger partial charge in [0, 0.05) is 12.7 Å². The second kappa shape index (κ2) is 10.7. The Hall–Kier alpha value is -4.43. The molecule has 35 heavy (non-hydrogen) atoms. The molecule has 2 amide bonds. The van der Waals surface area contributed by atoms with Crippen molar-refractivity contribution in [1.29, 1.82) is 0 Å². The van der Waals surface area contributed by atoms with Crippen LogP contribution in [0.15, 0.2) is 90.3 Å². The summed E-state index contributed by atoms with van der Waals surface area (Å²) in [5.74, 6) is -0.365. The molecule has 0 saturated carbocycles. The van der Waals surface area contributed by atoms with Gasteiger partial charge in [-0.2, -0.15) is 0 Å². The molecule has 176 valence electrons. The minimum absolute atomic E-state index is 0.213. The smallest absolute Gasteiger partial charge is 0.345 e. The van der Waals surface area contributed by atoms with Crippen LogP contribution >= 0.6 is 11.3 Å². The van der Waals surface area contributed by atoms with Crippen LogP contribution in [-0.2, 0) is 0 Å². The molecule has 8 heteroatoms. The fourth-order valence-electron chi connectivity index (χ4n) is 3.41. The molecule has 3 aromatic carbocycles. The summed E-state index contributed by atoms with van der Waals surface area (Å²) < 4.78 is 10.8. The van der Waals surface area contributed by atoms with Crippen LogP contribution in [0.3, 0.4) is 0 Å². The molecule has 1 N–H and O–H groups in total. The van der Waals surface area contributed by atoms with E-state index in [-0.39, 0.29) is 17.4 Å². The molecule has 0 atom stereocenters. The third-order valence-electron chi connectivity index (χ3n) is 5.20. The lowest BCUT2D eigenvalue weighted by atomic mass is 10.1. The summed E-state index contributed by atoms with van der Waals surface area (Å²) in [6.07, 6.45) is 0. The highest BCUT2D eigenvalue weighted by atomic mass is 32.1. The first kappa shape index (κ1) is 23.7. The van der Waals surface area contributed by atoms with Gasteiger partial charge in [0.05, 0.1) is 28.8 Å². The lowest BCUT2D eigenvalue weighted by Crippen LogP contribution is -2.27. The minimum Gasteiger partial charge on any atom is -0.496 e. The van der Waals surface area contributed by atoms with Crippen molar-refractivity contribution in [2.45, 2.75) is 0 Å². The van der Waals surface area contributed by atoms with Crippen molar-refractivity contribution in [2.24, 2.45) is 0 Å². The van der Waals surface area contributed by atoms with Gasteiger partial charge in [-0.25, -0.2) is 4.79 Å². The first-order chi connectivity index (χ1) is 17.0. The largest absolute Gasteiger partial charge is 0.496 e. The third kappa shape index (κ3) is 5.39. The number of carbonyl (C=O) groups is 3. The molecule has 1 aromatic heterocycles. The van der Waals surface area contributed by atoms with Crippen molar-refractivity contribution in [1.82, 2.24) is 0 Å². The number of esters is 1. The first-order valence-corrected chi connectivity index (χ1v) is 11.5. The van der Waals surface area contributed by atoms with E-state index in [0.717, 1.165) is 0 Å². The Bertz CT molecular complexity index is 1350. The van der Waals surface area contributed by atoms with E-state index < -0.39 is 5.97 Å². The number of carbonyl (C=O) groups excluding carboxylic acids is 3. The maximum absolute atomic E-state index is 12.9. The summed E-state index contributed by atoms with van der Waals surface area (Å²) in [6.45, 7) is 0. The molecular formula is C27H22N2O5S. The number of ether oxygens (including phenoxy) is 2. The topological polar surface area (TPSA) is 84.9 Å². The van der Waals surface area contributed by atoms with Crippen molar-refractivity contribution in [3.63, 3.8) is 0 Å². The number of hydrogen-bond acceptors (Lipinski definition) is 6. The van der Waals surface area contributed by atoms with Crippen molar-refractivity contribution in [3.05, 3.63) is 106 Å². The van der Waals surface area contributed by atoms with Crippen LogP contribution in [0, 0.1) is 0 Å². The number of nitrogens with zero attached hydrogens (tertiary/aromatic N) is 1. The third-order valence-corrected chi connectivity index (χ3v) is 6.05. The molecule has 0 aliphatic rings. The van der Waals surface area contributed by atoms with Gasteiger partial charge in [-0.1, -0.05) is 30.3 Å². The number of methoxy groups -OCH3 is 1. The van der Waals surface area contributed by atoms with E-state index >= 15 is 0 Å². The van der Waals surface area contributed by atoms with Crippen LogP contribution in [0.5, 0.6) is 11.5 Å². The van der Waals surface area contributed by atoms with Crippen molar-refractivity contribution in [2.75, 3.05) is 24.4 Å². The summed E-state index contributed by atoms with van der Waals surface area (Å²) in [5.41, 5.74) is 1.63. The number of benzene rings is 3. The Labute approximate surface area is 206 Å². The minimum atomic E-state index is -0.600. The van der Waals surface area contributed by atoms with Crippen LogP contribution in [0.1, 0.15) is 30.4 Å². The zero-order valence-electron chi connectivity index (χ0n) is 19.1. The summed E-state index contributed by atoms with van der Waals surface area (Å²) in [7, 11) is 3.12. The molecule has 4 rings (SSSR count). The van der Waals surface area contributed by atoms with Gasteiger partial charge < -0.3 is 19.7 Å². The van der Waals surface area contributed by atoms with Gasteiger partial charge in [0.1, 0.15) is 11.5 Å². The predicted octanol–water partition coefficient (Wildman–Crippen LogP) is 5.50. The van der Waals surface area contributed by atoms with Crippen LogP contribution in [0.25, 0.3) is 0 Å². The van der Waals surface area contributed by atoms with Crippen LogP contribution in [0.4, 0.5) is 11.4 Å². The molecule has 4 aromatic rings. The molecule has 0 bridgehead atoms. The van der Waals surface area contributed by atoms with E-state index in [0.29, 0.717) is 33.3 Å². The molecule has 0 saturated heterocycles. The van der Waals surface area contributed by atoms with E-state index in [1.807, 2.05) is 5.38 Å². The van der Waals surface area contributed by atoms with E-state index in [1.165, 1.54) is 23.3 Å². The maximum atomic E-state index is 12.9. The zero-order valence-corrected chi connectivity index (χ0v) is 19.9. The normalized spacial score (nSPS) is 10.3. The van der Waals surface area contributed by atoms with Gasteiger partial charge in [0.2, 0.25) is 0 Å². The van der Waals surface area contributed by atoms with E-state index in [2.05, 4.69) is 5.32 Å². The Morgan fingerprint density at radius 2 is 1.51 bits per heavy atom. The number of thiophene rings is 1. The average molecular weight is 487 g/mol. The molecule has 0 unspecified atom stereocenters. The summed E-state index contributed by atoms with van der Waals surface area (Å²) >= 11 is 1.33. The second-order valence-electron chi connectivity index (χ2n) is 7.43. The number of hydrogen-bond donors (Lipinski definition) is 1. The molecule has 0 radical (unpaired) electrons. The Kier molecular flexibility index (Phi) is 7.23. The van der Waals surface area contributed by atoms with Crippen LogP contribution in [0.2, 0.25) is 0 Å². The highest BCUT2D eigenvalue weighted by Gasteiger charge is 2.21. The predicted molar refractivity (Wildman–Crippen MR) is 136 cm³/mol. The molecule has 0 spiro atoms. The van der Waals surface area contributed by atoms with Gasteiger partial charge in [-0.05, 0) is 60.0 Å². The quantitative estimate of drug-likeness (QED) is 0.275. The molecular weight excluding hydrogens is 464 g/mol. The van der Waals surface area contributed by atoms with E-state index in [1.54, 1.807) is 92.0 Å². The van der Waals surface area contributed by atoms with Crippen molar-refractivity contribution < 1.29 is 23.9 Å². The van der Waals surface area contributed by atoms with Gasteiger partial charge in [-0.3, -0.25) is 9.59 Å². The number of amides is 2. The SMILES string of the molecule is COc1ccccc1C(=O)Nc1ccc(OC(=O)c2ccccc2N(C)C(=O)c2cccs2)cc1. The highest BCUT2D eigenvalue weighted by molar-refractivity contribution is 7.12. The van der Waals surface area contributed by atoms with E-state index in [9.17, 15) is 14.4 Å². The average Bonchev–Trinajstić information content (AvgIpc) is 3.44. The van der Waals surface area contributed by atoms with Gasteiger partial charge >= 0.3 is 5.97 Å². The highest BCUT2D eigenvalue weighted by Crippen LogP contribution is 2.25. The molecule has 0 fully saturated rings. The zero-order chi connectivity index (χ0) is 24.8. The fourth-order valence-corrected chi connectivity index (χ4v) is 4.11. The number of anilines is 2. The van der Waals surface area contributed by atoms with E-state index in [4.69, 9.17) is 9.47 Å². The molecule has 7 nitrogen and oxygen atoms in total. The second-order valence-corrected chi connectivity index (χ2v) is 8.37. The summed E-state index contributed by atoms with van der Waals surface area (Å²) in [6, 6.07) is 23.6. The van der Waals surface area contributed by atoms with Gasteiger partial charge in [-0.15, -0.1) is 11.3 Å².